The fraction of sp³-hybridized carbons (Fsp3) is 0.667. The lowest BCUT2D eigenvalue weighted by atomic mass is 10.4. The molecule has 0 N–H and O–H groups in total. The van der Waals surface area contributed by atoms with Crippen molar-refractivity contribution in [1.29, 1.82) is 0 Å². The second-order valence-corrected chi connectivity index (χ2v) is 2.61. The number of alkyl halides is 1. The summed E-state index contributed by atoms with van der Waals surface area (Å²) in [4.78, 5) is 1.70. The number of halogens is 1. The lowest BCUT2D eigenvalue weighted by Crippen LogP contribution is -1.98. The van der Waals surface area contributed by atoms with Crippen LogP contribution in [0.4, 0.5) is 0 Å². The Morgan fingerprint density at radius 2 is 2.20 bits per heavy atom. The molecule has 1 heterocycles. The second kappa shape index (κ2) is 3.14. The van der Waals surface area contributed by atoms with Crippen molar-refractivity contribution in [3.05, 3.63) is 11.4 Å². The van der Waals surface area contributed by atoms with Gasteiger partial charge in [-0.1, -0.05) is 15.9 Å². The highest BCUT2D eigenvalue weighted by molar-refractivity contribution is 9.08. The summed E-state index contributed by atoms with van der Waals surface area (Å²) in [5.41, 5.74) is 2.04. The number of hydrogen-bond acceptors (Lipinski definition) is 2. The summed E-state index contributed by atoms with van der Waals surface area (Å²) in [6.07, 6.45) is 0. The van der Waals surface area contributed by atoms with E-state index in [0.717, 1.165) is 23.3 Å². The van der Waals surface area contributed by atoms with Crippen LogP contribution in [0.2, 0.25) is 0 Å². The third-order valence-electron chi connectivity index (χ3n) is 1.33. The van der Waals surface area contributed by atoms with E-state index in [-0.39, 0.29) is 0 Å². The first-order valence-corrected chi connectivity index (χ1v) is 4.36. The van der Waals surface area contributed by atoms with Crippen LogP contribution in [0.5, 0.6) is 0 Å². The molecule has 4 heteroatoms. The summed E-state index contributed by atoms with van der Waals surface area (Å²) >= 11 is 3.33. The summed E-state index contributed by atoms with van der Waals surface area (Å²) in [5.74, 6) is 0. The SMILES string of the molecule is CCn1nc(C)c(CBr)n1. The Bertz CT molecular complexity index is 219. The van der Waals surface area contributed by atoms with Crippen molar-refractivity contribution in [1.82, 2.24) is 15.0 Å². The summed E-state index contributed by atoms with van der Waals surface area (Å²) in [6, 6.07) is 0. The third-order valence-corrected chi connectivity index (χ3v) is 1.86. The Balaban J connectivity index is 2.92. The Labute approximate surface area is 68.6 Å². The smallest absolute Gasteiger partial charge is 0.0961 e. The van der Waals surface area contributed by atoms with Gasteiger partial charge in [-0.3, -0.25) is 0 Å². The van der Waals surface area contributed by atoms with Gasteiger partial charge < -0.3 is 0 Å². The monoisotopic (exact) mass is 203 g/mol. The minimum absolute atomic E-state index is 0.791. The van der Waals surface area contributed by atoms with Crippen LogP contribution in [0, 0.1) is 6.92 Å². The van der Waals surface area contributed by atoms with Crippen LogP contribution in [0.15, 0.2) is 0 Å². The predicted molar refractivity (Wildman–Crippen MR) is 43.1 cm³/mol. The molecule has 1 aromatic rings. The van der Waals surface area contributed by atoms with Crippen LogP contribution in [0.25, 0.3) is 0 Å². The molecule has 0 spiro atoms. The zero-order valence-corrected chi connectivity index (χ0v) is 7.72. The lowest BCUT2D eigenvalue weighted by Gasteiger charge is -1.87. The van der Waals surface area contributed by atoms with Crippen molar-refractivity contribution in [2.75, 3.05) is 0 Å². The highest BCUT2D eigenvalue weighted by atomic mass is 79.9. The predicted octanol–water partition coefficient (Wildman–Crippen LogP) is 1.50. The fourth-order valence-electron chi connectivity index (χ4n) is 0.730. The number of aromatic nitrogens is 3. The topological polar surface area (TPSA) is 30.7 Å². The highest BCUT2D eigenvalue weighted by Gasteiger charge is 2.02. The average Bonchev–Trinajstić information content (AvgIpc) is 2.30. The molecule has 0 aliphatic carbocycles. The maximum Gasteiger partial charge on any atom is 0.0961 e. The van der Waals surface area contributed by atoms with E-state index in [1.807, 2.05) is 13.8 Å². The highest BCUT2D eigenvalue weighted by Crippen LogP contribution is 2.04. The van der Waals surface area contributed by atoms with Gasteiger partial charge in [0.25, 0.3) is 0 Å². The quantitative estimate of drug-likeness (QED) is 0.683. The van der Waals surface area contributed by atoms with Crippen LogP contribution >= 0.6 is 15.9 Å². The van der Waals surface area contributed by atoms with E-state index in [1.54, 1.807) is 4.80 Å². The molecule has 56 valence electrons. The summed E-state index contributed by atoms with van der Waals surface area (Å²) < 4.78 is 0. The van der Waals surface area contributed by atoms with Crippen LogP contribution in [-0.2, 0) is 11.9 Å². The molecule has 10 heavy (non-hydrogen) atoms. The Kier molecular flexibility index (Phi) is 2.43. The van der Waals surface area contributed by atoms with Gasteiger partial charge in [-0.15, -0.1) is 0 Å². The average molecular weight is 204 g/mol. The van der Waals surface area contributed by atoms with Crippen molar-refractivity contribution in [2.24, 2.45) is 0 Å². The van der Waals surface area contributed by atoms with Crippen LogP contribution in [-0.4, -0.2) is 15.0 Å². The number of nitrogens with zero attached hydrogens (tertiary/aromatic N) is 3. The summed E-state index contributed by atoms with van der Waals surface area (Å²) in [6.45, 7) is 4.83. The van der Waals surface area contributed by atoms with E-state index in [1.165, 1.54) is 0 Å². The lowest BCUT2D eigenvalue weighted by molar-refractivity contribution is 0.563. The molecule has 0 saturated heterocycles. The van der Waals surface area contributed by atoms with Crippen molar-refractivity contribution in [3.63, 3.8) is 0 Å². The van der Waals surface area contributed by atoms with Gasteiger partial charge in [0.15, 0.2) is 0 Å². The molecular formula is C6H10BrN3. The number of rotatable bonds is 2. The standard InChI is InChI=1S/C6H10BrN3/c1-3-10-8-5(2)6(4-7)9-10/h3-4H2,1-2H3. The van der Waals surface area contributed by atoms with Crippen molar-refractivity contribution >= 4 is 15.9 Å². The van der Waals surface area contributed by atoms with Gasteiger partial charge in [0, 0.05) is 5.33 Å². The maximum atomic E-state index is 4.21. The van der Waals surface area contributed by atoms with E-state index in [2.05, 4.69) is 26.1 Å². The Hall–Kier alpha value is -0.380. The molecule has 0 radical (unpaired) electrons. The van der Waals surface area contributed by atoms with Crippen LogP contribution in [0.1, 0.15) is 18.3 Å². The molecular weight excluding hydrogens is 194 g/mol. The zero-order chi connectivity index (χ0) is 7.56. The Morgan fingerprint density at radius 3 is 2.50 bits per heavy atom. The molecule has 0 unspecified atom stereocenters. The molecule has 0 aliphatic rings. The van der Waals surface area contributed by atoms with E-state index in [0.29, 0.717) is 0 Å². The molecule has 0 bridgehead atoms. The van der Waals surface area contributed by atoms with E-state index < -0.39 is 0 Å². The fourth-order valence-corrected chi connectivity index (χ4v) is 1.25. The first kappa shape index (κ1) is 7.72. The van der Waals surface area contributed by atoms with E-state index >= 15 is 0 Å². The number of aryl methyl sites for hydroxylation is 2. The second-order valence-electron chi connectivity index (χ2n) is 2.05. The maximum absolute atomic E-state index is 4.21. The van der Waals surface area contributed by atoms with Gasteiger partial charge in [-0.05, 0) is 13.8 Å². The molecule has 1 aromatic heterocycles. The van der Waals surface area contributed by atoms with Gasteiger partial charge in [-0.25, -0.2) is 0 Å². The first-order chi connectivity index (χ1) is 4.77. The summed E-state index contributed by atoms with van der Waals surface area (Å²) in [5, 5.41) is 9.17. The minimum Gasteiger partial charge on any atom is -0.185 e. The van der Waals surface area contributed by atoms with Crippen LogP contribution < -0.4 is 0 Å². The third kappa shape index (κ3) is 1.37. The zero-order valence-electron chi connectivity index (χ0n) is 6.13. The van der Waals surface area contributed by atoms with Gasteiger partial charge in [0.2, 0.25) is 0 Å². The molecule has 0 atom stereocenters. The minimum atomic E-state index is 0.791. The van der Waals surface area contributed by atoms with Gasteiger partial charge in [0.1, 0.15) is 0 Å². The molecule has 0 aliphatic heterocycles. The van der Waals surface area contributed by atoms with E-state index in [4.69, 9.17) is 0 Å². The van der Waals surface area contributed by atoms with Gasteiger partial charge in [0.05, 0.1) is 17.9 Å². The first-order valence-electron chi connectivity index (χ1n) is 3.24. The largest absolute Gasteiger partial charge is 0.185 e. The van der Waals surface area contributed by atoms with Gasteiger partial charge in [-0.2, -0.15) is 15.0 Å². The number of hydrogen-bond donors (Lipinski definition) is 0. The van der Waals surface area contributed by atoms with Crippen molar-refractivity contribution < 1.29 is 0 Å². The van der Waals surface area contributed by atoms with E-state index in [9.17, 15) is 0 Å². The van der Waals surface area contributed by atoms with Crippen LogP contribution in [0.3, 0.4) is 0 Å². The molecule has 0 fully saturated rings. The molecule has 0 amide bonds. The van der Waals surface area contributed by atoms with Crippen molar-refractivity contribution in [2.45, 2.75) is 25.7 Å². The normalized spacial score (nSPS) is 10.3. The van der Waals surface area contributed by atoms with Crippen molar-refractivity contribution in [3.8, 4) is 0 Å². The van der Waals surface area contributed by atoms with Gasteiger partial charge >= 0.3 is 0 Å². The molecule has 1 rings (SSSR count). The Morgan fingerprint density at radius 1 is 1.50 bits per heavy atom. The summed E-state index contributed by atoms with van der Waals surface area (Å²) in [7, 11) is 0. The molecule has 0 saturated carbocycles. The molecule has 3 nitrogen and oxygen atoms in total. The molecule has 0 aromatic carbocycles.